The number of amidine groups is 1. The Bertz CT molecular complexity index is 1610. The molecule has 2 saturated heterocycles. The fraction of sp³-hybridized carbons (Fsp3) is 0.343. The van der Waals surface area contributed by atoms with E-state index >= 15 is 0 Å². The maximum atomic E-state index is 14.4. The van der Waals surface area contributed by atoms with Gasteiger partial charge in [-0.15, -0.1) is 0 Å². The molecule has 0 radical (unpaired) electrons. The van der Waals surface area contributed by atoms with Gasteiger partial charge >= 0.3 is 6.03 Å². The molecule has 2 aromatic carbocycles. The Morgan fingerprint density at radius 3 is 2.53 bits per heavy atom. The second kappa shape index (κ2) is 14.2. The van der Waals surface area contributed by atoms with Gasteiger partial charge in [0.05, 0.1) is 30.1 Å². The Morgan fingerprint density at radius 2 is 1.89 bits per heavy atom. The fourth-order valence-corrected chi connectivity index (χ4v) is 5.88. The number of rotatable bonds is 8. The molecule has 2 fully saturated rings. The van der Waals surface area contributed by atoms with Gasteiger partial charge in [0.25, 0.3) is 0 Å². The quantitative estimate of drug-likeness (QED) is 0.283. The fourth-order valence-electron chi connectivity index (χ4n) is 5.56. The van der Waals surface area contributed by atoms with Crippen molar-refractivity contribution in [1.82, 2.24) is 9.88 Å². The summed E-state index contributed by atoms with van der Waals surface area (Å²) >= 11 is 6.67. The molecule has 2 aliphatic rings. The molecule has 236 valence electrons. The normalized spacial score (nSPS) is 18.2. The van der Waals surface area contributed by atoms with Gasteiger partial charge < -0.3 is 19.9 Å². The predicted molar refractivity (Wildman–Crippen MR) is 186 cm³/mol. The number of aryl methyl sites for hydroxylation is 2. The summed E-state index contributed by atoms with van der Waals surface area (Å²) in [6.45, 7) is 12.2. The molecule has 2 amide bonds. The van der Waals surface area contributed by atoms with Gasteiger partial charge in [0.2, 0.25) is 0 Å². The molecule has 0 spiro atoms. The third-order valence-electron chi connectivity index (χ3n) is 8.12. The molecule has 2 aliphatic heterocycles. The van der Waals surface area contributed by atoms with Crippen molar-refractivity contribution in [2.75, 3.05) is 66.9 Å². The summed E-state index contributed by atoms with van der Waals surface area (Å²) in [6, 6.07) is 15.4. The maximum Gasteiger partial charge on any atom is 0.336 e. The lowest BCUT2D eigenvalue weighted by Crippen LogP contribution is -2.54. The van der Waals surface area contributed by atoms with Gasteiger partial charge in [0.1, 0.15) is 23.2 Å². The average molecular weight is 628 g/mol. The second-order valence-electron chi connectivity index (χ2n) is 11.4. The Balaban J connectivity index is 1.54. The van der Waals surface area contributed by atoms with E-state index in [9.17, 15) is 4.79 Å². The lowest BCUT2D eigenvalue weighted by Gasteiger charge is -2.38. The van der Waals surface area contributed by atoms with Gasteiger partial charge in [-0.25, -0.2) is 19.7 Å². The monoisotopic (exact) mass is 627 g/mol. The number of nitrogens with one attached hydrogen (secondary N) is 1. The van der Waals surface area contributed by atoms with Gasteiger partial charge in [0, 0.05) is 49.7 Å². The molecule has 3 aromatic rings. The number of hydrogen-bond acceptors (Lipinski definition) is 7. The number of carbonyl (C=O) groups is 1. The first-order chi connectivity index (χ1) is 21.7. The lowest BCUT2D eigenvalue weighted by atomic mass is 10.1. The lowest BCUT2D eigenvalue weighted by molar-refractivity contribution is 0.253. The number of aromatic nitrogens is 1. The minimum Gasteiger partial charge on any atom is -0.494 e. The number of urea groups is 1. The van der Waals surface area contributed by atoms with Crippen LogP contribution >= 0.6 is 11.6 Å². The molecular weight excluding hydrogens is 586 g/mol. The number of likely N-dealkylation sites (N-methyl/N-ethyl adjacent to an activating group) is 1. The van der Waals surface area contributed by atoms with Crippen LogP contribution in [-0.4, -0.2) is 68.6 Å². The van der Waals surface area contributed by atoms with E-state index in [1.807, 2.05) is 63.3 Å². The van der Waals surface area contributed by atoms with Crippen LogP contribution in [-0.2, 0) is 0 Å². The van der Waals surface area contributed by atoms with Crippen molar-refractivity contribution in [3.63, 3.8) is 0 Å². The molecule has 0 atom stereocenters. The number of nitrogens with zero attached hydrogens (tertiary/aromatic N) is 6. The van der Waals surface area contributed by atoms with Crippen molar-refractivity contribution in [3.05, 3.63) is 94.4 Å². The first kappa shape index (κ1) is 32.1. The zero-order valence-electron chi connectivity index (χ0n) is 27.0. The van der Waals surface area contributed by atoms with Crippen LogP contribution in [0.3, 0.4) is 0 Å². The third kappa shape index (κ3) is 7.00. The van der Waals surface area contributed by atoms with Gasteiger partial charge in [-0.2, -0.15) is 0 Å². The van der Waals surface area contributed by atoms with Gasteiger partial charge in [-0.1, -0.05) is 42.8 Å². The minimum atomic E-state index is -0.281. The van der Waals surface area contributed by atoms with Crippen molar-refractivity contribution < 1.29 is 9.53 Å². The largest absolute Gasteiger partial charge is 0.494 e. The van der Waals surface area contributed by atoms with Gasteiger partial charge in [-0.3, -0.25) is 4.90 Å². The molecular formula is C35H42ClN7O2. The topological polar surface area (TPSA) is 76.5 Å². The molecule has 0 unspecified atom stereocenters. The minimum absolute atomic E-state index is 0.281. The van der Waals surface area contributed by atoms with Crippen molar-refractivity contribution >= 4 is 46.3 Å². The van der Waals surface area contributed by atoms with E-state index in [2.05, 4.69) is 46.2 Å². The number of benzene rings is 2. The molecule has 5 rings (SSSR count). The van der Waals surface area contributed by atoms with Crippen LogP contribution in [0.4, 0.5) is 27.7 Å². The zero-order chi connectivity index (χ0) is 32.1. The number of ether oxygens (including phenoxy) is 1. The Morgan fingerprint density at radius 1 is 1.11 bits per heavy atom. The molecule has 1 aromatic heterocycles. The highest BCUT2D eigenvalue weighted by Crippen LogP contribution is 2.36. The number of methoxy groups -OCH3 is 1. The Kier molecular flexibility index (Phi) is 10.1. The first-order valence-corrected chi connectivity index (χ1v) is 15.7. The molecule has 0 bridgehead atoms. The molecule has 0 saturated carbocycles. The van der Waals surface area contributed by atoms with Crippen molar-refractivity contribution in [2.24, 2.45) is 4.99 Å². The van der Waals surface area contributed by atoms with Crippen LogP contribution in [0.15, 0.2) is 83.3 Å². The Hall–Kier alpha value is -4.34. The number of anilines is 4. The van der Waals surface area contributed by atoms with Crippen LogP contribution in [0.25, 0.3) is 0 Å². The number of carbonyl (C=O) groups excluding carboxylic acids is 1. The third-order valence-corrected chi connectivity index (χ3v) is 8.43. The number of amides is 2. The van der Waals surface area contributed by atoms with E-state index < -0.39 is 0 Å². The number of halogens is 1. The van der Waals surface area contributed by atoms with Crippen molar-refractivity contribution in [2.45, 2.75) is 34.1 Å². The molecule has 10 heteroatoms. The summed E-state index contributed by atoms with van der Waals surface area (Å²) in [5, 5.41) is 4.00. The van der Waals surface area contributed by atoms with E-state index in [0.29, 0.717) is 34.7 Å². The number of piperazine rings is 1. The number of allylic oxidation sites excluding steroid dienone is 2. The predicted octanol–water partition coefficient (Wildman–Crippen LogP) is 7.27. The molecule has 45 heavy (non-hydrogen) atoms. The highest BCUT2D eigenvalue weighted by atomic mass is 35.5. The standard InChI is InChI=1S/C35H42ClN7O2/c1-7-10-31(38-29-15-14-27(21-30(29)45-6)41-19-17-40(5)18-20-41)39-34-26(8-2)23-42(33-25(4)11-9-12-28(33)36)35(44)43(34)32-16-13-24(3)22-37-32/h8-16,21-22,38H,7,17-20,23H2,1-6H3/b26-8-,31-10+,39-34+. The summed E-state index contributed by atoms with van der Waals surface area (Å²) in [7, 11) is 3.83. The van der Waals surface area contributed by atoms with E-state index in [1.54, 1.807) is 29.2 Å². The van der Waals surface area contributed by atoms with Crippen molar-refractivity contribution in [3.8, 4) is 5.75 Å². The van der Waals surface area contributed by atoms with Crippen LogP contribution in [0.2, 0.25) is 5.02 Å². The van der Waals surface area contributed by atoms with Crippen LogP contribution < -0.4 is 24.8 Å². The van der Waals surface area contributed by atoms with E-state index in [1.165, 1.54) is 0 Å². The number of aliphatic imine (C=N–C) groups is 1. The smallest absolute Gasteiger partial charge is 0.336 e. The Labute approximate surface area is 271 Å². The maximum absolute atomic E-state index is 14.4. The highest BCUT2D eigenvalue weighted by molar-refractivity contribution is 6.36. The van der Waals surface area contributed by atoms with Gasteiger partial charge in [0.15, 0.2) is 0 Å². The molecule has 9 nitrogen and oxygen atoms in total. The summed E-state index contributed by atoms with van der Waals surface area (Å²) in [6.07, 6.45) is 6.47. The number of hydrogen-bond donors (Lipinski definition) is 1. The number of pyridine rings is 1. The number of para-hydroxylation sites is 1. The van der Waals surface area contributed by atoms with E-state index in [4.69, 9.17) is 21.3 Å². The van der Waals surface area contributed by atoms with Crippen molar-refractivity contribution in [1.29, 1.82) is 0 Å². The van der Waals surface area contributed by atoms with Crippen LogP contribution in [0, 0.1) is 13.8 Å². The van der Waals surface area contributed by atoms with E-state index in [0.717, 1.165) is 66.4 Å². The highest BCUT2D eigenvalue weighted by Gasteiger charge is 2.38. The van der Waals surface area contributed by atoms with Crippen LogP contribution in [0.5, 0.6) is 5.75 Å². The second-order valence-corrected chi connectivity index (χ2v) is 11.8. The summed E-state index contributed by atoms with van der Waals surface area (Å²) in [5.41, 5.74) is 5.34. The summed E-state index contributed by atoms with van der Waals surface area (Å²) < 4.78 is 5.83. The first-order valence-electron chi connectivity index (χ1n) is 15.4. The molecule has 1 N–H and O–H groups in total. The zero-order valence-corrected chi connectivity index (χ0v) is 27.7. The SMILES string of the molecule is C/C=C1/CN(c2c(C)cccc2Cl)C(=O)N(c2ccc(C)cn2)/C1=N/C(=C/CC)Nc1ccc(N2CCN(C)CC2)cc1OC. The van der Waals surface area contributed by atoms with Gasteiger partial charge in [-0.05, 0) is 75.7 Å². The molecule has 0 aliphatic carbocycles. The van der Waals surface area contributed by atoms with Crippen LogP contribution in [0.1, 0.15) is 31.4 Å². The summed E-state index contributed by atoms with van der Waals surface area (Å²) in [5.74, 6) is 2.30. The summed E-state index contributed by atoms with van der Waals surface area (Å²) in [4.78, 5) is 32.1. The molecule has 3 heterocycles. The van der Waals surface area contributed by atoms with E-state index in [-0.39, 0.29) is 6.03 Å². The average Bonchev–Trinajstić information content (AvgIpc) is 3.03.